The number of nitrogens with one attached hydrogen (secondary N) is 2. The maximum atomic E-state index is 12.9. The molecular formula is C27H32ClN3O3S. The monoisotopic (exact) mass is 513 g/mol. The second-order valence-corrected chi connectivity index (χ2v) is 10.6. The van der Waals surface area contributed by atoms with Gasteiger partial charge in [0, 0.05) is 31.2 Å². The molecule has 3 aromatic rings. The molecule has 8 heteroatoms. The Kier molecular flexibility index (Phi) is 8.94. The summed E-state index contributed by atoms with van der Waals surface area (Å²) in [6.45, 7) is 6.55. The lowest BCUT2D eigenvalue weighted by atomic mass is 10.0. The predicted octanol–water partition coefficient (Wildman–Crippen LogP) is 4.92. The largest absolute Gasteiger partial charge is 0.349 e. The Bertz CT molecular complexity index is 1260. The molecule has 0 spiro atoms. The third-order valence-electron chi connectivity index (χ3n) is 6.20. The summed E-state index contributed by atoms with van der Waals surface area (Å²) in [5, 5.41) is 3.08. The fourth-order valence-electron chi connectivity index (χ4n) is 4.28. The first kappa shape index (κ1) is 26.7. The second-order valence-electron chi connectivity index (χ2n) is 8.96. The number of carbonyl (C=O) groups excluding carboxylic acids is 1. The number of piperidine rings is 1. The highest BCUT2D eigenvalue weighted by Crippen LogP contribution is 2.22. The van der Waals surface area contributed by atoms with E-state index in [9.17, 15) is 13.2 Å². The lowest BCUT2D eigenvalue weighted by Crippen LogP contribution is -2.44. The Morgan fingerprint density at radius 1 is 0.943 bits per heavy atom. The van der Waals surface area contributed by atoms with Crippen molar-refractivity contribution in [1.29, 1.82) is 0 Å². The molecule has 1 aliphatic rings. The summed E-state index contributed by atoms with van der Waals surface area (Å²) in [5.74, 6) is -0.245. The number of likely N-dealkylation sites (tertiary alicyclic amines) is 1. The van der Waals surface area contributed by atoms with E-state index in [1.165, 1.54) is 17.7 Å². The van der Waals surface area contributed by atoms with E-state index in [-0.39, 0.29) is 29.3 Å². The number of benzene rings is 3. The Labute approximate surface area is 214 Å². The van der Waals surface area contributed by atoms with Crippen molar-refractivity contribution in [2.45, 2.75) is 44.2 Å². The Balaban J connectivity index is 0.00000342. The molecular weight excluding hydrogens is 482 g/mol. The maximum Gasteiger partial charge on any atom is 0.261 e. The lowest BCUT2D eigenvalue weighted by Gasteiger charge is -2.32. The molecule has 0 aliphatic carbocycles. The molecule has 35 heavy (non-hydrogen) atoms. The fraction of sp³-hybridized carbons (Fsp3) is 0.296. The van der Waals surface area contributed by atoms with E-state index >= 15 is 0 Å². The van der Waals surface area contributed by atoms with E-state index in [1.54, 1.807) is 18.2 Å². The van der Waals surface area contributed by atoms with Gasteiger partial charge < -0.3 is 5.32 Å². The minimum absolute atomic E-state index is 0. The van der Waals surface area contributed by atoms with E-state index in [0.717, 1.165) is 43.6 Å². The number of aryl methyl sites for hydroxylation is 2. The summed E-state index contributed by atoms with van der Waals surface area (Å²) in [6, 6.07) is 22.2. The van der Waals surface area contributed by atoms with Crippen molar-refractivity contribution in [2.24, 2.45) is 0 Å². The topological polar surface area (TPSA) is 78.5 Å². The minimum atomic E-state index is -3.81. The van der Waals surface area contributed by atoms with E-state index in [0.29, 0.717) is 11.3 Å². The van der Waals surface area contributed by atoms with Gasteiger partial charge in [0.2, 0.25) is 0 Å². The van der Waals surface area contributed by atoms with Gasteiger partial charge in [-0.15, -0.1) is 12.4 Å². The van der Waals surface area contributed by atoms with Crippen molar-refractivity contribution in [1.82, 2.24) is 10.2 Å². The van der Waals surface area contributed by atoms with Crippen LogP contribution in [-0.2, 0) is 16.6 Å². The molecule has 6 nitrogen and oxygen atoms in total. The van der Waals surface area contributed by atoms with Crippen molar-refractivity contribution >= 4 is 34.0 Å². The molecule has 0 unspecified atom stereocenters. The number of amides is 1. The molecule has 1 aliphatic heterocycles. The van der Waals surface area contributed by atoms with Gasteiger partial charge in [-0.25, -0.2) is 8.42 Å². The minimum Gasteiger partial charge on any atom is -0.349 e. The lowest BCUT2D eigenvalue weighted by molar-refractivity contribution is 0.0908. The first-order valence-corrected chi connectivity index (χ1v) is 13.1. The SMILES string of the molecule is Cc1ccc(NS(=O)(=O)c2cccc(C(=O)NC3CCN(Cc4ccccc4)CC3)c2)c(C)c1.Cl. The van der Waals surface area contributed by atoms with Crippen LogP contribution in [0, 0.1) is 13.8 Å². The number of sulfonamides is 1. The van der Waals surface area contributed by atoms with Gasteiger partial charge in [0.05, 0.1) is 10.6 Å². The van der Waals surface area contributed by atoms with Crippen molar-refractivity contribution in [2.75, 3.05) is 17.8 Å². The van der Waals surface area contributed by atoms with Gasteiger partial charge >= 0.3 is 0 Å². The first-order chi connectivity index (χ1) is 16.3. The molecule has 0 radical (unpaired) electrons. The highest BCUT2D eigenvalue weighted by Gasteiger charge is 2.22. The molecule has 4 rings (SSSR count). The van der Waals surface area contributed by atoms with Crippen LogP contribution in [0.5, 0.6) is 0 Å². The van der Waals surface area contributed by atoms with E-state index in [1.807, 2.05) is 44.2 Å². The van der Waals surface area contributed by atoms with Crippen LogP contribution >= 0.6 is 12.4 Å². The van der Waals surface area contributed by atoms with Crippen LogP contribution in [0.2, 0.25) is 0 Å². The predicted molar refractivity (Wildman–Crippen MR) is 143 cm³/mol. The van der Waals surface area contributed by atoms with Crippen LogP contribution in [0.25, 0.3) is 0 Å². The number of rotatable bonds is 7. The summed E-state index contributed by atoms with van der Waals surface area (Å²) >= 11 is 0. The molecule has 2 N–H and O–H groups in total. The average Bonchev–Trinajstić information content (AvgIpc) is 2.83. The smallest absolute Gasteiger partial charge is 0.261 e. The molecule has 186 valence electrons. The van der Waals surface area contributed by atoms with Crippen LogP contribution in [0.1, 0.15) is 39.9 Å². The number of anilines is 1. The highest BCUT2D eigenvalue weighted by atomic mass is 35.5. The van der Waals surface area contributed by atoms with Crippen LogP contribution in [0.3, 0.4) is 0 Å². The zero-order chi connectivity index (χ0) is 24.1. The summed E-state index contributed by atoms with van der Waals surface area (Å²) in [6.07, 6.45) is 1.73. The molecule has 1 amide bonds. The van der Waals surface area contributed by atoms with E-state index < -0.39 is 10.0 Å². The normalized spacial score (nSPS) is 14.7. The second kappa shape index (κ2) is 11.7. The summed E-state index contributed by atoms with van der Waals surface area (Å²) < 4.78 is 28.5. The van der Waals surface area contributed by atoms with Gasteiger partial charge in [0.15, 0.2) is 0 Å². The molecule has 0 saturated carbocycles. The van der Waals surface area contributed by atoms with Crippen molar-refractivity contribution < 1.29 is 13.2 Å². The van der Waals surface area contributed by atoms with Crippen molar-refractivity contribution in [3.05, 3.63) is 95.1 Å². The molecule has 0 bridgehead atoms. The quantitative estimate of drug-likeness (QED) is 0.470. The third-order valence-corrected chi connectivity index (χ3v) is 7.57. The Hall–Kier alpha value is -2.87. The zero-order valence-corrected chi connectivity index (χ0v) is 21.7. The molecule has 1 saturated heterocycles. The zero-order valence-electron chi connectivity index (χ0n) is 20.0. The van der Waals surface area contributed by atoms with Crippen LogP contribution in [-0.4, -0.2) is 38.4 Å². The molecule has 1 heterocycles. The summed E-state index contributed by atoms with van der Waals surface area (Å²) in [5.41, 5.74) is 4.07. The Morgan fingerprint density at radius 3 is 2.34 bits per heavy atom. The Morgan fingerprint density at radius 2 is 1.66 bits per heavy atom. The van der Waals surface area contributed by atoms with Crippen molar-refractivity contribution in [3.8, 4) is 0 Å². The van der Waals surface area contributed by atoms with Gasteiger partial charge in [-0.2, -0.15) is 0 Å². The molecule has 1 fully saturated rings. The van der Waals surface area contributed by atoms with Gasteiger partial charge in [-0.05, 0) is 62.1 Å². The molecule has 0 aromatic heterocycles. The number of halogens is 1. The van der Waals surface area contributed by atoms with E-state index in [2.05, 4.69) is 27.1 Å². The molecule has 0 atom stereocenters. The standard InChI is InChI=1S/C27H31N3O3S.ClH/c1-20-11-12-26(21(2)17-20)29-34(32,33)25-10-6-9-23(18-25)27(31)28-24-13-15-30(16-14-24)19-22-7-4-3-5-8-22;/h3-12,17-18,24,29H,13-16,19H2,1-2H3,(H,28,31);1H. The van der Waals surface area contributed by atoms with Crippen LogP contribution in [0.4, 0.5) is 5.69 Å². The third kappa shape index (κ3) is 7.07. The van der Waals surface area contributed by atoms with Gasteiger partial charge in [-0.1, -0.05) is 54.1 Å². The van der Waals surface area contributed by atoms with Gasteiger partial charge in [0.1, 0.15) is 0 Å². The highest BCUT2D eigenvalue weighted by molar-refractivity contribution is 7.92. The van der Waals surface area contributed by atoms with Gasteiger partial charge in [-0.3, -0.25) is 14.4 Å². The summed E-state index contributed by atoms with van der Waals surface area (Å²) in [7, 11) is -3.81. The number of hydrogen-bond acceptors (Lipinski definition) is 4. The average molecular weight is 514 g/mol. The van der Waals surface area contributed by atoms with Crippen LogP contribution in [0.15, 0.2) is 77.7 Å². The van der Waals surface area contributed by atoms with Crippen LogP contribution < -0.4 is 10.0 Å². The number of hydrogen-bond donors (Lipinski definition) is 2. The molecule has 3 aromatic carbocycles. The fourth-order valence-corrected chi connectivity index (χ4v) is 5.46. The number of carbonyl (C=O) groups is 1. The van der Waals surface area contributed by atoms with Crippen molar-refractivity contribution in [3.63, 3.8) is 0 Å². The first-order valence-electron chi connectivity index (χ1n) is 11.6. The maximum absolute atomic E-state index is 12.9. The van der Waals surface area contributed by atoms with E-state index in [4.69, 9.17) is 0 Å². The number of nitrogens with zero attached hydrogens (tertiary/aromatic N) is 1. The van der Waals surface area contributed by atoms with Gasteiger partial charge in [0.25, 0.3) is 15.9 Å². The summed E-state index contributed by atoms with van der Waals surface area (Å²) in [4.78, 5) is 15.3.